The third-order valence-corrected chi connectivity index (χ3v) is 5.34. The highest BCUT2D eigenvalue weighted by Gasteiger charge is 2.32. The molecule has 110 valence electrons. The average Bonchev–Trinajstić information content (AvgIpc) is 2.83. The Balaban J connectivity index is 1.94. The molecule has 1 aliphatic carbocycles. The summed E-state index contributed by atoms with van der Waals surface area (Å²) in [5.41, 5.74) is 1.10. The summed E-state index contributed by atoms with van der Waals surface area (Å²) in [6.07, 6.45) is 2.80. The van der Waals surface area contributed by atoms with Crippen LogP contribution in [0.15, 0.2) is 15.2 Å². The normalized spacial score (nSPS) is 22.5. The summed E-state index contributed by atoms with van der Waals surface area (Å²) in [6, 6.07) is 2.01. The predicted molar refractivity (Wildman–Crippen MR) is 81.6 cm³/mol. The van der Waals surface area contributed by atoms with Crippen LogP contribution in [0.25, 0.3) is 0 Å². The number of carbonyl (C=O) groups excluding carboxylic acids is 1. The van der Waals surface area contributed by atoms with Crippen LogP contribution in [0.2, 0.25) is 0 Å². The van der Waals surface area contributed by atoms with E-state index in [4.69, 9.17) is 5.11 Å². The predicted octanol–water partition coefficient (Wildman–Crippen LogP) is 3.36. The van der Waals surface area contributed by atoms with Crippen molar-refractivity contribution in [2.45, 2.75) is 32.2 Å². The second kappa shape index (κ2) is 6.72. The van der Waals surface area contributed by atoms with E-state index >= 15 is 0 Å². The van der Waals surface area contributed by atoms with Crippen molar-refractivity contribution in [3.8, 4) is 0 Å². The number of aliphatic carboxylic acids is 1. The maximum absolute atomic E-state index is 12.4. The molecule has 1 heterocycles. The molecular weight excluding hydrogens is 342 g/mol. The zero-order valence-electron chi connectivity index (χ0n) is 11.3. The number of hydrogen-bond acceptors (Lipinski definition) is 3. The van der Waals surface area contributed by atoms with Crippen LogP contribution in [0.1, 0.15) is 31.2 Å². The lowest BCUT2D eigenvalue weighted by Gasteiger charge is -2.29. The van der Waals surface area contributed by atoms with Crippen LogP contribution in [-0.2, 0) is 16.1 Å². The lowest BCUT2D eigenvalue weighted by Crippen LogP contribution is -2.36. The van der Waals surface area contributed by atoms with E-state index in [9.17, 15) is 9.59 Å². The Hall–Kier alpha value is -0.880. The SMILES string of the molecule is CN(Cc1csc(Br)c1)C(=O)C1CCCC(C(=O)O)C1. The fourth-order valence-electron chi connectivity index (χ4n) is 2.73. The van der Waals surface area contributed by atoms with Gasteiger partial charge in [0, 0.05) is 19.5 Å². The Bertz CT molecular complexity index is 502. The van der Waals surface area contributed by atoms with E-state index in [1.165, 1.54) is 0 Å². The summed E-state index contributed by atoms with van der Waals surface area (Å²) in [4.78, 5) is 25.2. The molecular formula is C14H18BrNO3S. The Morgan fingerprint density at radius 2 is 2.15 bits per heavy atom. The first-order valence-electron chi connectivity index (χ1n) is 6.68. The molecule has 0 radical (unpaired) electrons. The van der Waals surface area contributed by atoms with Gasteiger partial charge in [-0.1, -0.05) is 6.42 Å². The smallest absolute Gasteiger partial charge is 0.306 e. The van der Waals surface area contributed by atoms with Gasteiger partial charge in [-0.2, -0.15) is 0 Å². The van der Waals surface area contributed by atoms with Crippen LogP contribution in [0.5, 0.6) is 0 Å². The van der Waals surface area contributed by atoms with Gasteiger partial charge in [-0.15, -0.1) is 11.3 Å². The molecule has 1 aromatic heterocycles. The number of carboxylic acid groups (broad SMARTS) is 1. The van der Waals surface area contributed by atoms with Crippen molar-refractivity contribution in [3.63, 3.8) is 0 Å². The second-order valence-electron chi connectivity index (χ2n) is 5.35. The van der Waals surface area contributed by atoms with E-state index in [0.29, 0.717) is 19.4 Å². The van der Waals surface area contributed by atoms with E-state index in [-0.39, 0.29) is 17.7 Å². The molecule has 1 aliphatic rings. The molecule has 6 heteroatoms. The lowest BCUT2D eigenvalue weighted by molar-refractivity contribution is -0.145. The molecule has 0 bridgehead atoms. The molecule has 20 heavy (non-hydrogen) atoms. The van der Waals surface area contributed by atoms with Gasteiger partial charge in [0.2, 0.25) is 5.91 Å². The maximum atomic E-state index is 12.4. The molecule has 2 atom stereocenters. The second-order valence-corrected chi connectivity index (χ2v) is 7.64. The van der Waals surface area contributed by atoms with Gasteiger partial charge in [-0.3, -0.25) is 9.59 Å². The highest BCUT2D eigenvalue weighted by atomic mass is 79.9. The van der Waals surface area contributed by atoms with Crippen molar-refractivity contribution >= 4 is 39.1 Å². The van der Waals surface area contributed by atoms with E-state index in [0.717, 1.165) is 22.2 Å². The highest BCUT2D eigenvalue weighted by molar-refractivity contribution is 9.11. The maximum Gasteiger partial charge on any atom is 0.306 e. The van der Waals surface area contributed by atoms with Gasteiger partial charge in [-0.25, -0.2) is 0 Å². The van der Waals surface area contributed by atoms with Crippen LogP contribution >= 0.6 is 27.3 Å². The topological polar surface area (TPSA) is 57.6 Å². The van der Waals surface area contributed by atoms with Gasteiger partial charge < -0.3 is 10.0 Å². The molecule has 0 saturated heterocycles. The van der Waals surface area contributed by atoms with Gasteiger partial charge in [0.25, 0.3) is 0 Å². The minimum atomic E-state index is -0.771. The van der Waals surface area contributed by atoms with Gasteiger partial charge >= 0.3 is 5.97 Å². The molecule has 2 rings (SSSR count). The van der Waals surface area contributed by atoms with Gasteiger partial charge in [0.05, 0.1) is 9.70 Å². The van der Waals surface area contributed by atoms with E-state index in [2.05, 4.69) is 15.9 Å². The van der Waals surface area contributed by atoms with Gasteiger partial charge in [0.1, 0.15) is 0 Å². The molecule has 4 nitrogen and oxygen atoms in total. The standard InChI is InChI=1S/C14H18BrNO3S/c1-16(7-9-5-12(15)20-8-9)13(17)10-3-2-4-11(6-10)14(18)19/h5,8,10-11H,2-4,6-7H2,1H3,(H,18,19). The van der Waals surface area contributed by atoms with Crippen LogP contribution < -0.4 is 0 Å². The Morgan fingerprint density at radius 3 is 2.75 bits per heavy atom. The summed E-state index contributed by atoms with van der Waals surface area (Å²) < 4.78 is 1.05. The highest BCUT2D eigenvalue weighted by Crippen LogP contribution is 2.31. The minimum Gasteiger partial charge on any atom is -0.481 e. The Kier molecular flexibility index (Phi) is 5.21. The molecule has 1 aromatic rings. The van der Waals surface area contributed by atoms with Crippen molar-refractivity contribution in [2.24, 2.45) is 11.8 Å². The van der Waals surface area contributed by atoms with Crippen molar-refractivity contribution < 1.29 is 14.7 Å². The van der Waals surface area contributed by atoms with Crippen molar-refractivity contribution in [3.05, 3.63) is 20.8 Å². The van der Waals surface area contributed by atoms with Gasteiger partial charge in [0.15, 0.2) is 0 Å². The summed E-state index contributed by atoms with van der Waals surface area (Å²) in [5.74, 6) is -1.21. The largest absolute Gasteiger partial charge is 0.481 e. The van der Waals surface area contributed by atoms with E-state index in [1.54, 1.807) is 23.3 Å². The fourth-order valence-corrected chi connectivity index (χ4v) is 3.93. The molecule has 0 aromatic carbocycles. The zero-order valence-corrected chi connectivity index (χ0v) is 13.7. The third kappa shape index (κ3) is 3.82. The first-order chi connectivity index (χ1) is 9.47. The third-order valence-electron chi connectivity index (χ3n) is 3.79. The number of nitrogens with zero attached hydrogens (tertiary/aromatic N) is 1. The van der Waals surface area contributed by atoms with Crippen molar-refractivity contribution in [2.75, 3.05) is 7.05 Å². The van der Waals surface area contributed by atoms with Gasteiger partial charge in [-0.05, 0) is 52.2 Å². The van der Waals surface area contributed by atoms with Crippen LogP contribution in [0.3, 0.4) is 0 Å². The minimum absolute atomic E-state index is 0.0678. The number of carboxylic acids is 1. The molecule has 0 aliphatic heterocycles. The van der Waals surface area contributed by atoms with Crippen LogP contribution in [0.4, 0.5) is 0 Å². The van der Waals surface area contributed by atoms with Crippen LogP contribution in [-0.4, -0.2) is 28.9 Å². The number of hydrogen-bond donors (Lipinski definition) is 1. The quantitative estimate of drug-likeness (QED) is 0.896. The summed E-state index contributed by atoms with van der Waals surface area (Å²) >= 11 is 5.01. The molecule has 2 unspecified atom stereocenters. The van der Waals surface area contributed by atoms with E-state index < -0.39 is 5.97 Å². The summed E-state index contributed by atoms with van der Waals surface area (Å²) in [7, 11) is 1.79. The number of rotatable bonds is 4. The number of amides is 1. The first kappa shape index (κ1) is 15.5. The molecule has 1 N–H and O–H groups in total. The lowest BCUT2D eigenvalue weighted by atomic mass is 9.81. The van der Waals surface area contributed by atoms with Crippen molar-refractivity contribution in [1.29, 1.82) is 0 Å². The van der Waals surface area contributed by atoms with E-state index in [1.807, 2.05) is 11.4 Å². The monoisotopic (exact) mass is 359 g/mol. The molecule has 0 spiro atoms. The van der Waals surface area contributed by atoms with Crippen LogP contribution in [0, 0.1) is 11.8 Å². The summed E-state index contributed by atoms with van der Waals surface area (Å²) in [6.45, 7) is 0.579. The number of thiophene rings is 1. The molecule has 1 fully saturated rings. The average molecular weight is 360 g/mol. The Morgan fingerprint density at radius 1 is 1.45 bits per heavy atom. The summed E-state index contributed by atoms with van der Waals surface area (Å²) in [5, 5.41) is 11.1. The number of carbonyl (C=O) groups is 2. The Labute approximate surface area is 130 Å². The fraction of sp³-hybridized carbons (Fsp3) is 0.571. The molecule has 1 amide bonds. The first-order valence-corrected chi connectivity index (χ1v) is 8.35. The van der Waals surface area contributed by atoms with Crippen molar-refractivity contribution in [1.82, 2.24) is 4.90 Å². The number of halogens is 1. The zero-order chi connectivity index (χ0) is 14.7. The molecule has 1 saturated carbocycles.